The summed E-state index contributed by atoms with van der Waals surface area (Å²) in [6, 6.07) is 13.6. The fourth-order valence-corrected chi connectivity index (χ4v) is 2.31. The third-order valence-electron chi connectivity index (χ3n) is 3.41. The van der Waals surface area contributed by atoms with Crippen LogP contribution in [0, 0.1) is 13.8 Å². The third-order valence-corrected chi connectivity index (χ3v) is 3.41. The number of hydrogen-bond acceptors (Lipinski definition) is 3. The van der Waals surface area contributed by atoms with Crippen molar-refractivity contribution in [1.82, 2.24) is 5.32 Å². The van der Waals surface area contributed by atoms with Crippen LogP contribution in [0.5, 0.6) is 11.5 Å². The van der Waals surface area contributed by atoms with E-state index in [0.717, 1.165) is 28.2 Å². The molecule has 2 aromatic rings. The zero-order valence-electron chi connectivity index (χ0n) is 14.3. The minimum Gasteiger partial charge on any atom is -0.497 e. The highest BCUT2D eigenvalue weighted by Gasteiger charge is 1.99. The van der Waals surface area contributed by atoms with Crippen LogP contribution in [0.2, 0.25) is 0 Å². The van der Waals surface area contributed by atoms with E-state index in [-0.39, 0.29) is 5.91 Å². The molecule has 0 aromatic heterocycles. The zero-order chi connectivity index (χ0) is 17.4. The van der Waals surface area contributed by atoms with E-state index < -0.39 is 0 Å². The molecule has 0 aliphatic carbocycles. The molecule has 0 unspecified atom stereocenters. The smallest absolute Gasteiger partial charge is 0.244 e. The molecule has 0 saturated heterocycles. The quantitative estimate of drug-likeness (QED) is 0.626. The van der Waals surface area contributed by atoms with Gasteiger partial charge in [-0.25, -0.2) is 0 Å². The van der Waals surface area contributed by atoms with Crippen molar-refractivity contribution in [3.63, 3.8) is 0 Å². The molecule has 0 aliphatic heterocycles. The highest BCUT2D eigenvalue weighted by atomic mass is 16.5. The Morgan fingerprint density at radius 3 is 2.33 bits per heavy atom. The Labute approximate surface area is 143 Å². The standard InChI is InChI=1S/C20H23NO3/c1-15-12-16(2)14-19(13-15)24-11-10-21-20(22)9-6-17-4-7-18(23-3)8-5-17/h4-9,12-14H,10-11H2,1-3H3,(H,21,22)/b9-6+. The summed E-state index contributed by atoms with van der Waals surface area (Å²) in [6.45, 7) is 4.96. The number of benzene rings is 2. The lowest BCUT2D eigenvalue weighted by Crippen LogP contribution is -2.26. The molecule has 1 amide bonds. The number of amides is 1. The first-order chi connectivity index (χ1) is 11.6. The molecular formula is C20H23NO3. The van der Waals surface area contributed by atoms with Crippen molar-refractivity contribution in [3.8, 4) is 11.5 Å². The average molecular weight is 325 g/mol. The molecule has 24 heavy (non-hydrogen) atoms. The highest BCUT2D eigenvalue weighted by molar-refractivity contribution is 5.91. The number of rotatable bonds is 7. The van der Waals surface area contributed by atoms with Crippen molar-refractivity contribution in [3.05, 3.63) is 65.2 Å². The number of nitrogens with one attached hydrogen (secondary N) is 1. The summed E-state index contributed by atoms with van der Waals surface area (Å²) in [6.07, 6.45) is 3.28. The van der Waals surface area contributed by atoms with E-state index in [4.69, 9.17) is 9.47 Å². The van der Waals surface area contributed by atoms with Gasteiger partial charge in [0, 0.05) is 6.08 Å². The van der Waals surface area contributed by atoms with Crippen molar-refractivity contribution < 1.29 is 14.3 Å². The fraction of sp³-hybridized carbons (Fsp3) is 0.250. The van der Waals surface area contributed by atoms with Crippen LogP contribution in [0.3, 0.4) is 0 Å². The van der Waals surface area contributed by atoms with Gasteiger partial charge in [0.1, 0.15) is 18.1 Å². The van der Waals surface area contributed by atoms with Crippen LogP contribution in [0.15, 0.2) is 48.5 Å². The van der Waals surface area contributed by atoms with Gasteiger partial charge in [0.15, 0.2) is 0 Å². The number of carbonyl (C=O) groups is 1. The van der Waals surface area contributed by atoms with Crippen LogP contribution < -0.4 is 14.8 Å². The second kappa shape index (κ2) is 8.77. The lowest BCUT2D eigenvalue weighted by molar-refractivity contribution is -0.116. The average Bonchev–Trinajstić information content (AvgIpc) is 2.56. The molecule has 0 bridgehead atoms. The molecule has 1 N–H and O–H groups in total. The Balaban J connectivity index is 1.73. The first kappa shape index (κ1) is 17.6. The van der Waals surface area contributed by atoms with Gasteiger partial charge in [0.2, 0.25) is 5.91 Å². The largest absolute Gasteiger partial charge is 0.497 e. The van der Waals surface area contributed by atoms with Gasteiger partial charge in [0.25, 0.3) is 0 Å². The zero-order valence-corrected chi connectivity index (χ0v) is 14.3. The summed E-state index contributed by atoms with van der Waals surface area (Å²) in [5, 5.41) is 2.80. The Morgan fingerprint density at radius 1 is 1.04 bits per heavy atom. The van der Waals surface area contributed by atoms with Gasteiger partial charge in [0.05, 0.1) is 13.7 Å². The Morgan fingerprint density at radius 2 is 1.71 bits per heavy atom. The molecule has 0 spiro atoms. The number of hydrogen-bond donors (Lipinski definition) is 1. The van der Waals surface area contributed by atoms with Crippen LogP contribution in [0.4, 0.5) is 0 Å². The Kier molecular flexibility index (Phi) is 6.43. The first-order valence-corrected chi connectivity index (χ1v) is 7.88. The van der Waals surface area contributed by atoms with E-state index in [1.165, 1.54) is 6.08 Å². The number of ether oxygens (including phenoxy) is 2. The van der Waals surface area contributed by atoms with Crippen molar-refractivity contribution in [2.45, 2.75) is 13.8 Å². The summed E-state index contributed by atoms with van der Waals surface area (Å²) in [5.41, 5.74) is 3.27. The van der Waals surface area contributed by atoms with E-state index in [0.29, 0.717) is 13.2 Å². The number of aryl methyl sites for hydroxylation is 2. The molecule has 0 aliphatic rings. The molecule has 0 heterocycles. The van der Waals surface area contributed by atoms with Gasteiger partial charge in [-0.15, -0.1) is 0 Å². The van der Waals surface area contributed by atoms with Crippen molar-refractivity contribution >= 4 is 12.0 Å². The number of carbonyl (C=O) groups excluding carboxylic acids is 1. The maximum absolute atomic E-state index is 11.8. The summed E-state index contributed by atoms with van der Waals surface area (Å²) in [7, 11) is 1.62. The SMILES string of the molecule is COc1ccc(/C=C/C(=O)NCCOc2cc(C)cc(C)c2)cc1. The lowest BCUT2D eigenvalue weighted by Gasteiger charge is -2.08. The summed E-state index contributed by atoms with van der Waals surface area (Å²) >= 11 is 0. The van der Waals surface area contributed by atoms with Gasteiger partial charge < -0.3 is 14.8 Å². The van der Waals surface area contributed by atoms with Gasteiger partial charge in [-0.1, -0.05) is 18.2 Å². The summed E-state index contributed by atoms with van der Waals surface area (Å²) in [4.78, 5) is 11.8. The van der Waals surface area contributed by atoms with Crippen molar-refractivity contribution in [2.75, 3.05) is 20.3 Å². The molecule has 2 aromatic carbocycles. The van der Waals surface area contributed by atoms with Crippen LogP contribution in [-0.4, -0.2) is 26.2 Å². The minimum absolute atomic E-state index is 0.144. The second-order valence-corrected chi connectivity index (χ2v) is 5.57. The molecular weight excluding hydrogens is 302 g/mol. The van der Waals surface area contributed by atoms with E-state index in [1.807, 2.05) is 50.2 Å². The predicted octanol–water partition coefficient (Wildman–Crippen LogP) is 3.52. The molecule has 0 saturated carbocycles. The molecule has 0 fully saturated rings. The first-order valence-electron chi connectivity index (χ1n) is 7.88. The molecule has 4 nitrogen and oxygen atoms in total. The molecule has 126 valence electrons. The van der Waals surface area contributed by atoms with Gasteiger partial charge in [-0.05, 0) is 60.9 Å². The van der Waals surface area contributed by atoms with Crippen LogP contribution in [0.25, 0.3) is 6.08 Å². The van der Waals surface area contributed by atoms with Gasteiger partial charge >= 0.3 is 0 Å². The second-order valence-electron chi connectivity index (χ2n) is 5.57. The molecule has 4 heteroatoms. The van der Waals surface area contributed by atoms with E-state index in [1.54, 1.807) is 13.2 Å². The maximum Gasteiger partial charge on any atom is 0.244 e. The Hall–Kier alpha value is -2.75. The van der Waals surface area contributed by atoms with E-state index in [9.17, 15) is 4.79 Å². The predicted molar refractivity (Wildman–Crippen MR) is 96.4 cm³/mol. The fourth-order valence-electron chi connectivity index (χ4n) is 2.31. The highest BCUT2D eigenvalue weighted by Crippen LogP contribution is 2.15. The van der Waals surface area contributed by atoms with Crippen LogP contribution in [-0.2, 0) is 4.79 Å². The Bertz CT molecular complexity index is 685. The molecule has 2 rings (SSSR count). The molecule has 0 radical (unpaired) electrons. The van der Waals surface area contributed by atoms with Crippen LogP contribution >= 0.6 is 0 Å². The molecule has 0 atom stereocenters. The summed E-state index contributed by atoms with van der Waals surface area (Å²) in [5.74, 6) is 1.48. The van der Waals surface area contributed by atoms with E-state index in [2.05, 4.69) is 11.4 Å². The van der Waals surface area contributed by atoms with Crippen molar-refractivity contribution in [1.29, 1.82) is 0 Å². The topological polar surface area (TPSA) is 47.6 Å². The van der Waals surface area contributed by atoms with Crippen molar-refractivity contribution in [2.24, 2.45) is 0 Å². The van der Waals surface area contributed by atoms with Crippen LogP contribution in [0.1, 0.15) is 16.7 Å². The van der Waals surface area contributed by atoms with Gasteiger partial charge in [-0.2, -0.15) is 0 Å². The van der Waals surface area contributed by atoms with Gasteiger partial charge in [-0.3, -0.25) is 4.79 Å². The lowest BCUT2D eigenvalue weighted by atomic mass is 10.1. The number of methoxy groups -OCH3 is 1. The summed E-state index contributed by atoms with van der Waals surface area (Å²) < 4.78 is 10.7. The maximum atomic E-state index is 11.8. The normalized spacial score (nSPS) is 10.6. The van der Waals surface area contributed by atoms with E-state index >= 15 is 0 Å². The minimum atomic E-state index is -0.144. The third kappa shape index (κ3) is 5.80. The monoisotopic (exact) mass is 325 g/mol.